The third-order valence-electron chi connectivity index (χ3n) is 4.28. The van der Waals surface area contributed by atoms with Gasteiger partial charge in [-0.3, -0.25) is 4.79 Å². The third kappa shape index (κ3) is 3.51. The van der Waals surface area contributed by atoms with Gasteiger partial charge in [-0.05, 0) is 46.5 Å². The van der Waals surface area contributed by atoms with Crippen molar-refractivity contribution in [3.63, 3.8) is 0 Å². The number of hydrogen-bond donors (Lipinski definition) is 1. The van der Waals surface area contributed by atoms with E-state index in [1.54, 1.807) is 43.1 Å². The van der Waals surface area contributed by atoms with Gasteiger partial charge in [-0.25, -0.2) is 8.42 Å². The fourth-order valence-electron chi connectivity index (χ4n) is 2.87. The van der Waals surface area contributed by atoms with Crippen molar-refractivity contribution in [2.75, 3.05) is 38.5 Å². The molecule has 1 aliphatic rings. The van der Waals surface area contributed by atoms with Gasteiger partial charge in [-0.1, -0.05) is 12.1 Å². The van der Waals surface area contributed by atoms with Gasteiger partial charge in [0, 0.05) is 37.7 Å². The minimum atomic E-state index is -3.59. The second-order valence-electron chi connectivity index (χ2n) is 5.85. The SMILES string of the molecule is CNc1snc(C)c1C(=O)N1CCN(S(=O)(=O)c2ccccc2Br)CC1. The molecule has 2 aromatic rings. The summed E-state index contributed by atoms with van der Waals surface area (Å²) < 4.78 is 31.9. The lowest BCUT2D eigenvalue weighted by atomic mass is 10.2. The van der Waals surface area contributed by atoms with Gasteiger partial charge < -0.3 is 10.2 Å². The zero-order valence-electron chi connectivity index (χ0n) is 14.4. The molecule has 10 heteroatoms. The molecule has 7 nitrogen and oxygen atoms in total. The highest BCUT2D eigenvalue weighted by atomic mass is 79.9. The van der Waals surface area contributed by atoms with Gasteiger partial charge in [-0.2, -0.15) is 8.68 Å². The molecule has 1 aliphatic heterocycles. The predicted molar refractivity (Wildman–Crippen MR) is 105 cm³/mol. The highest BCUT2D eigenvalue weighted by molar-refractivity contribution is 9.10. The van der Waals surface area contributed by atoms with Crippen molar-refractivity contribution in [3.8, 4) is 0 Å². The summed E-state index contributed by atoms with van der Waals surface area (Å²) in [5, 5.41) is 3.73. The Labute approximate surface area is 165 Å². The van der Waals surface area contributed by atoms with E-state index in [-0.39, 0.29) is 23.9 Å². The van der Waals surface area contributed by atoms with E-state index < -0.39 is 10.0 Å². The van der Waals surface area contributed by atoms with Crippen molar-refractivity contribution in [1.82, 2.24) is 13.6 Å². The van der Waals surface area contributed by atoms with Crippen molar-refractivity contribution in [2.45, 2.75) is 11.8 Å². The fourth-order valence-corrected chi connectivity index (χ4v) is 6.00. The average molecular weight is 459 g/mol. The van der Waals surface area contributed by atoms with Crippen molar-refractivity contribution < 1.29 is 13.2 Å². The number of benzene rings is 1. The van der Waals surface area contributed by atoms with Crippen LogP contribution in [0.2, 0.25) is 0 Å². The number of halogens is 1. The largest absolute Gasteiger partial charge is 0.378 e. The first-order valence-electron chi connectivity index (χ1n) is 8.04. The Balaban J connectivity index is 1.74. The monoisotopic (exact) mass is 458 g/mol. The standard InChI is InChI=1S/C16H19BrN4O3S2/c1-11-14(15(18-2)25-19-11)16(22)20-7-9-21(10-8-20)26(23,24)13-6-4-3-5-12(13)17/h3-6,18H,7-10H2,1-2H3. The van der Waals surface area contributed by atoms with E-state index in [4.69, 9.17) is 0 Å². The van der Waals surface area contributed by atoms with Crippen molar-refractivity contribution in [1.29, 1.82) is 0 Å². The van der Waals surface area contributed by atoms with Gasteiger partial charge in [0.2, 0.25) is 10.0 Å². The van der Waals surface area contributed by atoms with E-state index in [1.807, 2.05) is 0 Å². The number of carbonyl (C=O) groups is 1. The zero-order chi connectivity index (χ0) is 18.9. The molecule has 1 aromatic carbocycles. The normalized spacial score (nSPS) is 15.9. The molecule has 0 saturated carbocycles. The van der Waals surface area contributed by atoms with Gasteiger partial charge in [0.1, 0.15) is 5.00 Å². The Morgan fingerprint density at radius 2 is 1.88 bits per heavy atom. The maximum atomic E-state index is 12.8. The summed E-state index contributed by atoms with van der Waals surface area (Å²) in [6.45, 7) is 3.03. The molecule has 1 saturated heterocycles. The lowest BCUT2D eigenvalue weighted by Crippen LogP contribution is -2.50. The first-order valence-corrected chi connectivity index (χ1v) is 11.0. The van der Waals surface area contributed by atoms with Gasteiger partial charge in [0.05, 0.1) is 16.2 Å². The van der Waals surface area contributed by atoms with Crippen LogP contribution >= 0.6 is 27.5 Å². The Bertz CT molecular complexity index is 921. The zero-order valence-corrected chi connectivity index (χ0v) is 17.6. The van der Waals surface area contributed by atoms with E-state index in [1.165, 1.54) is 15.8 Å². The molecule has 1 N–H and O–H groups in total. The topological polar surface area (TPSA) is 82.6 Å². The number of aryl methyl sites for hydroxylation is 1. The number of hydrogen-bond acceptors (Lipinski definition) is 6. The molecule has 0 atom stereocenters. The lowest BCUT2D eigenvalue weighted by molar-refractivity contribution is 0.0698. The summed E-state index contributed by atoms with van der Waals surface area (Å²) in [5.74, 6) is -0.112. The maximum absolute atomic E-state index is 12.8. The summed E-state index contributed by atoms with van der Waals surface area (Å²) in [6, 6.07) is 6.76. The second kappa shape index (κ2) is 7.63. The van der Waals surface area contributed by atoms with Crippen LogP contribution in [0, 0.1) is 6.92 Å². The van der Waals surface area contributed by atoms with Crippen LogP contribution in [0.15, 0.2) is 33.6 Å². The summed E-state index contributed by atoms with van der Waals surface area (Å²) in [7, 11) is -1.83. The number of carbonyl (C=O) groups excluding carboxylic acids is 1. The number of piperazine rings is 1. The summed E-state index contributed by atoms with van der Waals surface area (Å²) in [4.78, 5) is 14.7. The Hall–Kier alpha value is -1.49. The molecule has 26 heavy (non-hydrogen) atoms. The quantitative estimate of drug-likeness (QED) is 0.760. The molecule has 0 radical (unpaired) electrons. The minimum absolute atomic E-state index is 0.112. The Morgan fingerprint density at radius 1 is 1.23 bits per heavy atom. The fraction of sp³-hybridized carbons (Fsp3) is 0.375. The Kier molecular flexibility index (Phi) is 5.66. The van der Waals surface area contributed by atoms with Gasteiger partial charge in [0.15, 0.2) is 0 Å². The molecule has 140 valence electrons. The molecule has 0 bridgehead atoms. The van der Waals surface area contributed by atoms with E-state index in [0.29, 0.717) is 28.8 Å². The van der Waals surface area contributed by atoms with Crippen LogP contribution in [0.5, 0.6) is 0 Å². The maximum Gasteiger partial charge on any atom is 0.258 e. The number of anilines is 1. The molecule has 0 unspecified atom stereocenters. The molecule has 0 aliphatic carbocycles. The second-order valence-corrected chi connectivity index (χ2v) is 9.38. The first kappa shape index (κ1) is 19.3. The number of nitrogens with one attached hydrogen (secondary N) is 1. The summed E-state index contributed by atoms with van der Waals surface area (Å²) >= 11 is 4.55. The van der Waals surface area contributed by atoms with Crippen molar-refractivity contribution in [2.24, 2.45) is 0 Å². The number of aromatic nitrogens is 1. The minimum Gasteiger partial charge on any atom is -0.378 e. The molecule has 0 spiro atoms. The molecule has 1 amide bonds. The third-order valence-corrected chi connectivity index (χ3v) is 8.15. The van der Waals surface area contributed by atoms with Crippen LogP contribution in [0.3, 0.4) is 0 Å². The van der Waals surface area contributed by atoms with Crippen LogP contribution in [0.1, 0.15) is 16.1 Å². The predicted octanol–water partition coefficient (Wildman–Crippen LogP) is 2.40. The number of rotatable bonds is 4. The van der Waals surface area contributed by atoms with Crippen molar-refractivity contribution in [3.05, 3.63) is 40.0 Å². The molecular formula is C16H19BrN4O3S2. The highest BCUT2D eigenvalue weighted by Gasteiger charge is 2.32. The molecule has 1 fully saturated rings. The van der Waals surface area contributed by atoms with Crippen LogP contribution < -0.4 is 5.32 Å². The van der Waals surface area contributed by atoms with E-state index in [2.05, 4.69) is 25.6 Å². The van der Waals surface area contributed by atoms with E-state index >= 15 is 0 Å². The van der Waals surface area contributed by atoms with E-state index in [9.17, 15) is 13.2 Å². The van der Waals surface area contributed by atoms with Crippen LogP contribution in [-0.4, -0.2) is 61.1 Å². The molecule has 3 rings (SSSR count). The van der Waals surface area contributed by atoms with Gasteiger partial charge in [-0.15, -0.1) is 0 Å². The van der Waals surface area contributed by atoms with Crippen molar-refractivity contribution >= 4 is 48.4 Å². The number of amides is 1. The lowest BCUT2D eigenvalue weighted by Gasteiger charge is -2.34. The molecular weight excluding hydrogens is 440 g/mol. The van der Waals surface area contributed by atoms with Gasteiger partial charge >= 0.3 is 0 Å². The average Bonchev–Trinajstić information content (AvgIpc) is 3.02. The molecule has 2 heterocycles. The van der Waals surface area contributed by atoms with Crippen LogP contribution in [0.4, 0.5) is 5.00 Å². The molecule has 1 aromatic heterocycles. The Morgan fingerprint density at radius 3 is 2.50 bits per heavy atom. The number of nitrogens with zero attached hydrogens (tertiary/aromatic N) is 3. The summed E-state index contributed by atoms with van der Waals surface area (Å²) in [6.07, 6.45) is 0. The van der Waals surface area contributed by atoms with Crippen LogP contribution in [0.25, 0.3) is 0 Å². The number of sulfonamides is 1. The van der Waals surface area contributed by atoms with Crippen LogP contribution in [-0.2, 0) is 10.0 Å². The summed E-state index contributed by atoms with van der Waals surface area (Å²) in [5.41, 5.74) is 1.26. The van der Waals surface area contributed by atoms with Gasteiger partial charge in [0.25, 0.3) is 5.91 Å². The van der Waals surface area contributed by atoms with E-state index in [0.717, 1.165) is 5.00 Å². The first-order chi connectivity index (χ1) is 12.4. The smallest absolute Gasteiger partial charge is 0.258 e. The highest BCUT2D eigenvalue weighted by Crippen LogP contribution is 2.28.